The maximum absolute atomic E-state index is 12.6. The van der Waals surface area contributed by atoms with Gasteiger partial charge in [0.15, 0.2) is 0 Å². The van der Waals surface area contributed by atoms with Crippen LogP contribution in [-0.2, 0) is 14.8 Å². The van der Waals surface area contributed by atoms with E-state index in [1.165, 1.54) is 0 Å². The summed E-state index contributed by atoms with van der Waals surface area (Å²) in [6, 6.07) is 4.05. The summed E-state index contributed by atoms with van der Waals surface area (Å²) in [6.07, 6.45) is 0.928. The summed E-state index contributed by atoms with van der Waals surface area (Å²) < 4.78 is 26.6. The molecule has 1 aromatic rings. The molecule has 0 aromatic heterocycles. The highest BCUT2D eigenvalue weighted by Gasteiger charge is 2.40. The SMILES string of the molecule is Cc1ccc(Br)c(S(=O)(=O)N2CCC[C@H]2C(=O)O)c1. The molecule has 0 spiro atoms. The monoisotopic (exact) mass is 347 g/mol. The number of benzene rings is 1. The van der Waals surface area contributed by atoms with Crippen molar-refractivity contribution in [2.45, 2.75) is 30.7 Å². The normalized spacial score (nSPS) is 20.6. The van der Waals surface area contributed by atoms with E-state index in [9.17, 15) is 13.2 Å². The first-order chi connectivity index (χ1) is 8.84. The van der Waals surface area contributed by atoms with Crippen LogP contribution >= 0.6 is 15.9 Å². The first-order valence-corrected chi connectivity index (χ1v) is 8.08. The minimum Gasteiger partial charge on any atom is -0.480 e. The second-order valence-electron chi connectivity index (χ2n) is 4.55. The summed E-state index contributed by atoms with van der Waals surface area (Å²) in [6.45, 7) is 2.05. The van der Waals surface area contributed by atoms with Gasteiger partial charge in [-0.1, -0.05) is 6.07 Å². The largest absolute Gasteiger partial charge is 0.480 e. The third-order valence-corrected chi connectivity index (χ3v) is 6.06. The Bertz CT molecular complexity index is 614. The highest BCUT2D eigenvalue weighted by atomic mass is 79.9. The maximum Gasteiger partial charge on any atom is 0.322 e. The Balaban J connectivity index is 2.48. The molecule has 0 unspecified atom stereocenters. The lowest BCUT2D eigenvalue weighted by molar-refractivity contribution is -0.140. The summed E-state index contributed by atoms with van der Waals surface area (Å²) >= 11 is 3.22. The number of nitrogens with zero attached hydrogens (tertiary/aromatic N) is 1. The molecule has 104 valence electrons. The van der Waals surface area contributed by atoms with Gasteiger partial charge in [-0.25, -0.2) is 8.42 Å². The molecule has 2 rings (SSSR count). The number of hydrogen-bond donors (Lipinski definition) is 1. The van der Waals surface area contributed by atoms with Crippen LogP contribution < -0.4 is 0 Å². The van der Waals surface area contributed by atoms with Crippen molar-refractivity contribution < 1.29 is 18.3 Å². The van der Waals surface area contributed by atoms with E-state index in [-0.39, 0.29) is 11.4 Å². The molecule has 1 aliphatic heterocycles. The predicted octanol–water partition coefficient (Wildman–Crippen LogP) is 2.00. The summed E-state index contributed by atoms with van der Waals surface area (Å²) in [5, 5.41) is 9.10. The average molecular weight is 348 g/mol. The molecule has 1 aliphatic rings. The molecule has 1 atom stereocenters. The van der Waals surface area contributed by atoms with Gasteiger partial charge in [-0.2, -0.15) is 4.31 Å². The number of carboxylic acid groups (broad SMARTS) is 1. The molecule has 1 heterocycles. The third kappa shape index (κ3) is 2.68. The van der Waals surface area contributed by atoms with Crippen LogP contribution in [0.25, 0.3) is 0 Å². The van der Waals surface area contributed by atoms with Gasteiger partial charge in [0.2, 0.25) is 10.0 Å². The summed E-state index contributed by atoms with van der Waals surface area (Å²) in [4.78, 5) is 11.2. The zero-order valence-electron chi connectivity index (χ0n) is 10.3. The molecule has 0 amide bonds. The first kappa shape index (κ1) is 14.5. The Kier molecular flexibility index (Phi) is 3.98. The lowest BCUT2D eigenvalue weighted by Crippen LogP contribution is -2.40. The van der Waals surface area contributed by atoms with Crippen molar-refractivity contribution in [2.75, 3.05) is 6.54 Å². The lowest BCUT2D eigenvalue weighted by Gasteiger charge is -2.21. The average Bonchev–Trinajstić information content (AvgIpc) is 2.82. The lowest BCUT2D eigenvalue weighted by atomic mass is 10.2. The maximum atomic E-state index is 12.6. The molecular formula is C12H14BrNO4S. The number of rotatable bonds is 3. The van der Waals surface area contributed by atoms with Crippen LogP contribution in [0.3, 0.4) is 0 Å². The zero-order valence-corrected chi connectivity index (χ0v) is 12.7. The molecule has 0 aliphatic carbocycles. The van der Waals surface area contributed by atoms with Crippen LogP contribution in [0.1, 0.15) is 18.4 Å². The fraction of sp³-hybridized carbons (Fsp3) is 0.417. The molecule has 7 heteroatoms. The van der Waals surface area contributed by atoms with Crippen molar-refractivity contribution >= 4 is 31.9 Å². The minimum atomic E-state index is -3.78. The number of hydrogen-bond acceptors (Lipinski definition) is 3. The second-order valence-corrected chi connectivity index (χ2v) is 7.26. The fourth-order valence-electron chi connectivity index (χ4n) is 2.21. The van der Waals surface area contributed by atoms with E-state index in [1.54, 1.807) is 25.1 Å². The van der Waals surface area contributed by atoms with E-state index < -0.39 is 22.0 Å². The van der Waals surface area contributed by atoms with E-state index in [4.69, 9.17) is 5.11 Å². The Morgan fingerprint density at radius 1 is 1.47 bits per heavy atom. The Labute approximate surface area is 120 Å². The molecule has 0 radical (unpaired) electrons. The fourth-order valence-corrected chi connectivity index (χ4v) is 4.87. The number of aryl methyl sites for hydroxylation is 1. The predicted molar refractivity (Wildman–Crippen MR) is 73.4 cm³/mol. The molecule has 0 bridgehead atoms. The number of carbonyl (C=O) groups is 1. The topological polar surface area (TPSA) is 74.7 Å². The number of carboxylic acids is 1. The molecule has 5 nitrogen and oxygen atoms in total. The van der Waals surface area contributed by atoms with Crippen LogP contribution in [-0.4, -0.2) is 36.4 Å². The quantitative estimate of drug-likeness (QED) is 0.907. The molecule has 1 aromatic carbocycles. The van der Waals surface area contributed by atoms with Crippen LogP contribution in [0.4, 0.5) is 0 Å². The van der Waals surface area contributed by atoms with Gasteiger partial charge in [-0.15, -0.1) is 0 Å². The van der Waals surface area contributed by atoms with E-state index >= 15 is 0 Å². The smallest absolute Gasteiger partial charge is 0.322 e. The highest BCUT2D eigenvalue weighted by Crippen LogP contribution is 2.31. The van der Waals surface area contributed by atoms with E-state index in [0.717, 1.165) is 9.87 Å². The molecule has 1 N–H and O–H groups in total. The van der Waals surface area contributed by atoms with Crippen LogP contribution in [0.15, 0.2) is 27.6 Å². The van der Waals surface area contributed by atoms with Crippen molar-refractivity contribution in [2.24, 2.45) is 0 Å². The summed E-state index contributed by atoms with van der Waals surface area (Å²) in [5.74, 6) is -1.09. The van der Waals surface area contributed by atoms with Gasteiger partial charge in [0.25, 0.3) is 0 Å². The van der Waals surface area contributed by atoms with Crippen molar-refractivity contribution in [3.63, 3.8) is 0 Å². The second kappa shape index (κ2) is 5.22. The van der Waals surface area contributed by atoms with Crippen molar-refractivity contribution in [3.8, 4) is 0 Å². The van der Waals surface area contributed by atoms with Crippen molar-refractivity contribution in [1.29, 1.82) is 0 Å². The van der Waals surface area contributed by atoms with Crippen molar-refractivity contribution in [1.82, 2.24) is 4.31 Å². The van der Waals surface area contributed by atoms with Gasteiger partial charge in [-0.3, -0.25) is 4.79 Å². The molecule has 1 saturated heterocycles. The van der Waals surface area contributed by atoms with Gasteiger partial charge < -0.3 is 5.11 Å². The summed E-state index contributed by atoms with van der Waals surface area (Å²) in [5.41, 5.74) is 0.813. The van der Waals surface area contributed by atoms with Gasteiger partial charge in [0.05, 0.1) is 4.90 Å². The molecule has 0 saturated carbocycles. The van der Waals surface area contributed by atoms with Gasteiger partial charge in [-0.05, 0) is 53.4 Å². The van der Waals surface area contributed by atoms with E-state index in [1.807, 2.05) is 0 Å². The van der Waals surface area contributed by atoms with Crippen LogP contribution in [0.5, 0.6) is 0 Å². The van der Waals surface area contributed by atoms with Gasteiger partial charge in [0, 0.05) is 11.0 Å². The Hall–Kier alpha value is -0.920. The highest BCUT2D eigenvalue weighted by molar-refractivity contribution is 9.10. The number of aliphatic carboxylic acids is 1. The number of halogens is 1. The van der Waals surface area contributed by atoms with Gasteiger partial charge >= 0.3 is 5.97 Å². The molecule has 19 heavy (non-hydrogen) atoms. The number of sulfonamides is 1. The minimum absolute atomic E-state index is 0.126. The molecule has 1 fully saturated rings. The van der Waals surface area contributed by atoms with Gasteiger partial charge in [0.1, 0.15) is 6.04 Å². The van der Waals surface area contributed by atoms with Crippen LogP contribution in [0.2, 0.25) is 0 Å². The first-order valence-electron chi connectivity index (χ1n) is 5.85. The Morgan fingerprint density at radius 2 is 2.16 bits per heavy atom. The van der Waals surface area contributed by atoms with Crippen molar-refractivity contribution in [3.05, 3.63) is 28.2 Å². The standard InChI is InChI=1S/C12H14BrNO4S/c1-8-4-5-9(13)11(7-8)19(17,18)14-6-2-3-10(14)12(15)16/h4-5,7,10H,2-3,6H2,1H3,(H,15,16)/t10-/m0/s1. The zero-order chi connectivity index (χ0) is 14.2. The Morgan fingerprint density at radius 3 is 2.79 bits per heavy atom. The van der Waals surface area contributed by atoms with E-state index in [2.05, 4.69) is 15.9 Å². The molecular weight excluding hydrogens is 334 g/mol. The summed E-state index contributed by atoms with van der Waals surface area (Å²) in [7, 11) is -3.78. The third-order valence-electron chi connectivity index (χ3n) is 3.16. The van der Waals surface area contributed by atoms with E-state index in [0.29, 0.717) is 17.3 Å². The van der Waals surface area contributed by atoms with Crippen LogP contribution in [0, 0.1) is 6.92 Å².